The van der Waals surface area contributed by atoms with E-state index in [0.717, 1.165) is 28.8 Å². The number of hydrogen-bond acceptors (Lipinski definition) is 5. The van der Waals surface area contributed by atoms with Crippen LogP contribution in [0.4, 0.5) is 16.2 Å². The van der Waals surface area contributed by atoms with Gasteiger partial charge in [0.25, 0.3) is 10.9 Å². The number of nitro groups is 1. The number of carbonyl (C=O) groups is 1. The van der Waals surface area contributed by atoms with Crippen LogP contribution in [-0.4, -0.2) is 20.6 Å². The average molecular weight is 390 g/mol. The number of aromatic nitrogens is 1. The number of carbonyl (C=O) groups excluding carboxylic acids is 1. The van der Waals surface area contributed by atoms with Gasteiger partial charge in [0.15, 0.2) is 0 Å². The SMILES string of the molecule is O=C1NC(=Nc2ccccc2)C(=Cc2cccn2-c2ccc([N+](=O)[O-])cc2)S1. The third kappa shape index (κ3) is 3.72. The summed E-state index contributed by atoms with van der Waals surface area (Å²) in [6, 6.07) is 19.5. The van der Waals surface area contributed by atoms with E-state index in [2.05, 4.69) is 10.3 Å². The van der Waals surface area contributed by atoms with E-state index in [0.29, 0.717) is 10.7 Å². The Morgan fingerprint density at radius 1 is 1.04 bits per heavy atom. The number of para-hydroxylation sites is 1. The molecular formula is C20H14N4O3S. The van der Waals surface area contributed by atoms with Gasteiger partial charge in [0.1, 0.15) is 5.84 Å². The van der Waals surface area contributed by atoms with E-state index in [1.807, 2.05) is 59.3 Å². The van der Waals surface area contributed by atoms with E-state index < -0.39 is 4.92 Å². The zero-order valence-corrected chi connectivity index (χ0v) is 15.3. The van der Waals surface area contributed by atoms with Crippen molar-refractivity contribution in [1.82, 2.24) is 9.88 Å². The molecule has 1 fully saturated rings. The summed E-state index contributed by atoms with van der Waals surface area (Å²) < 4.78 is 1.89. The maximum atomic E-state index is 11.9. The first kappa shape index (κ1) is 17.7. The molecule has 0 atom stereocenters. The van der Waals surface area contributed by atoms with Crippen molar-refractivity contribution in [3.05, 3.63) is 93.6 Å². The molecule has 0 unspecified atom stereocenters. The largest absolute Gasteiger partial charge is 0.317 e. The highest BCUT2D eigenvalue weighted by Gasteiger charge is 2.24. The van der Waals surface area contributed by atoms with Crippen molar-refractivity contribution < 1.29 is 9.72 Å². The monoisotopic (exact) mass is 390 g/mol. The van der Waals surface area contributed by atoms with Gasteiger partial charge in [0.2, 0.25) is 0 Å². The first-order valence-corrected chi connectivity index (χ1v) is 9.18. The molecule has 3 aromatic rings. The van der Waals surface area contributed by atoms with Crippen LogP contribution in [0.15, 0.2) is 82.8 Å². The molecule has 138 valence electrons. The fourth-order valence-corrected chi connectivity index (χ4v) is 3.48. The molecule has 0 spiro atoms. The van der Waals surface area contributed by atoms with Crippen molar-refractivity contribution >= 4 is 40.3 Å². The Morgan fingerprint density at radius 3 is 2.50 bits per heavy atom. The van der Waals surface area contributed by atoms with Gasteiger partial charge in [-0.3, -0.25) is 14.9 Å². The fourth-order valence-electron chi connectivity index (χ4n) is 2.76. The fraction of sp³-hybridized carbons (Fsp3) is 0. The molecule has 7 nitrogen and oxygen atoms in total. The van der Waals surface area contributed by atoms with Crippen LogP contribution < -0.4 is 5.32 Å². The summed E-state index contributed by atoms with van der Waals surface area (Å²) in [7, 11) is 0. The number of rotatable bonds is 4. The van der Waals surface area contributed by atoms with Gasteiger partial charge in [-0.05, 0) is 54.2 Å². The molecular weight excluding hydrogens is 376 g/mol. The Labute approximate surface area is 164 Å². The van der Waals surface area contributed by atoms with Crippen molar-refractivity contribution in [2.24, 2.45) is 4.99 Å². The van der Waals surface area contributed by atoms with Crippen molar-refractivity contribution in [2.45, 2.75) is 0 Å². The van der Waals surface area contributed by atoms with Crippen molar-refractivity contribution in [1.29, 1.82) is 0 Å². The molecule has 0 aliphatic carbocycles. The number of thioether (sulfide) groups is 1. The molecule has 2 heterocycles. The van der Waals surface area contributed by atoms with Crippen LogP contribution in [0.3, 0.4) is 0 Å². The van der Waals surface area contributed by atoms with Gasteiger partial charge in [-0.15, -0.1) is 0 Å². The second-order valence-electron chi connectivity index (χ2n) is 5.90. The van der Waals surface area contributed by atoms with Crippen LogP contribution in [-0.2, 0) is 0 Å². The summed E-state index contributed by atoms with van der Waals surface area (Å²) in [4.78, 5) is 27.5. The van der Waals surface area contributed by atoms with E-state index in [9.17, 15) is 14.9 Å². The highest BCUT2D eigenvalue weighted by molar-refractivity contribution is 8.18. The summed E-state index contributed by atoms with van der Waals surface area (Å²) in [6.07, 6.45) is 3.72. The zero-order chi connectivity index (χ0) is 19.5. The Bertz CT molecular complexity index is 1100. The maximum Gasteiger partial charge on any atom is 0.289 e. The van der Waals surface area contributed by atoms with Crippen LogP contribution in [0.5, 0.6) is 0 Å². The lowest BCUT2D eigenvalue weighted by Crippen LogP contribution is -2.18. The lowest BCUT2D eigenvalue weighted by molar-refractivity contribution is -0.384. The molecule has 4 rings (SSSR count). The van der Waals surface area contributed by atoms with Gasteiger partial charge < -0.3 is 9.88 Å². The zero-order valence-electron chi connectivity index (χ0n) is 14.5. The van der Waals surface area contributed by atoms with Crippen LogP contribution in [0.2, 0.25) is 0 Å². The van der Waals surface area contributed by atoms with E-state index in [4.69, 9.17) is 0 Å². The molecule has 1 aromatic heterocycles. The molecule has 0 saturated carbocycles. The second kappa shape index (κ2) is 7.53. The summed E-state index contributed by atoms with van der Waals surface area (Å²) in [5.74, 6) is 0.498. The average Bonchev–Trinajstić information content (AvgIpc) is 3.29. The molecule has 1 aliphatic heterocycles. The second-order valence-corrected chi connectivity index (χ2v) is 6.91. The van der Waals surface area contributed by atoms with E-state index in [-0.39, 0.29) is 10.9 Å². The normalized spacial score (nSPS) is 16.5. The summed E-state index contributed by atoms with van der Waals surface area (Å²) in [6.45, 7) is 0. The van der Waals surface area contributed by atoms with Crippen LogP contribution in [0, 0.1) is 10.1 Å². The molecule has 1 aliphatic rings. The number of hydrogen-bond donors (Lipinski definition) is 1. The Balaban J connectivity index is 1.69. The molecule has 1 amide bonds. The van der Waals surface area contributed by atoms with Gasteiger partial charge in [0.05, 0.1) is 15.5 Å². The predicted molar refractivity (Wildman–Crippen MR) is 110 cm³/mol. The standard InChI is InChI=1S/C20H14N4O3S/c25-20-22-19(21-14-5-2-1-3-6-14)18(28-20)13-17-7-4-12-23(17)15-8-10-16(11-9-15)24(26)27/h1-13H,(H,21,22,25). The van der Waals surface area contributed by atoms with Gasteiger partial charge in [-0.1, -0.05) is 18.2 Å². The quantitative estimate of drug-likeness (QED) is 0.506. The number of amides is 1. The van der Waals surface area contributed by atoms with Crippen LogP contribution in [0.25, 0.3) is 11.8 Å². The first-order chi connectivity index (χ1) is 13.6. The van der Waals surface area contributed by atoms with Gasteiger partial charge in [-0.25, -0.2) is 4.99 Å². The number of nitrogens with one attached hydrogen (secondary N) is 1. The number of benzene rings is 2. The molecule has 0 bridgehead atoms. The topological polar surface area (TPSA) is 89.5 Å². The third-order valence-electron chi connectivity index (χ3n) is 4.05. The maximum absolute atomic E-state index is 11.9. The van der Waals surface area contributed by atoms with Gasteiger partial charge >= 0.3 is 0 Å². The Kier molecular flexibility index (Phi) is 4.77. The minimum Gasteiger partial charge on any atom is -0.317 e. The lowest BCUT2D eigenvalue weighted by Gasteiger charge is -2.07. The van der Waals surface area contributed by atoms with E-state index in [1.54, 1.807) is 12.1 Å². The lowest BCUT2D eigenvalue weighted by atomic mass is 10.2. The number of non-ortho nitro benzene ring substituents is 1. The molecule has 1 saturated heterocycles. The van der Waals surface area contributed by atoms with Gasteiger partial charge in [-0.2, -0.15) is 0 Å². The Morgan fingerprint density at radius 2 is 1.79 bits per heavy atom. The number of amidine groups is 1. The molecule has 2 aromatic carbocycles. The van der Waals surface area contributed by atoms with Crippen LogP contribution >= 0.6 is 11.8 Å². The highest BCUT2D eigenvalue weighted by Crippen LogP contribution is 2.29. The molecule has 1 N–H and O–H groups in total. The highest BCUT2D eigenvalue weighted by atomic mass is 32.2. The van der Waals surface area contributed by atoms with E-state index in [1.165, 1.54) is 12.1 Å². The van der Waals surface area contributed by atoms with Crippen molar-refractivity contribution in [2.75, 3.05) is 0 Å². The number of aliphatic imine (C=N–C) groups is 1. The summed E-state index contributed by atoms with van der Waals surface area (Å²) in [5, 5.41) is 13.4. The summed E-state index contributed by atoms with van der Waals surface area (Å²) in [5.41, 5.74) is 2.39. The molecule has 28 heavy (non-hydrogen) atoms. The minimum atomic E-state index is -0.429. The smallest absolute Gasteiger partial charge is 0.289 e. The third-order valence-corrected chi connectivity index (χ3v) is 4.87. The number of nitro benzene ring substituents is 1. The summed E-state index contributed by atoms with van der Waals surface area (Å²) >= 11 is 1.08. The van der Waals surface area contributed by atoms with Crippen LogP contribution in [0.1, 0.15) is 5.69 Å². The predicted octanol–water partition coefficient (Wildman–Crippen LogP) is 4.91. The molecule has 0 radical (unpaired) electrons. The van der Waals surface area contributed by atoms with E-state index >= 15 is 0 Å². The van der Waals surface area contributed by atoms with Crippen molar-refractivity contribution in [3.8, 4) is 5.69 Å². The molecule has 8 heteroatoms. The van der Waals surface area contributed by atoms with Gasteiger partial charge in [0, 0.05) is 29.7 Å². The number of nitrogens with zero attached hydrogens (tertiary/aromatic N) is 3. The first-order valence-electron chi connectivity index (χ1n) is 8.37. The Hall–Kier alpha value is -3.65. The minimum absolute atomic E-state index is 0.0363. The van der Waals surface area contributed by atoms with Crippen molar-refractivity contribution in [3.63, 3.8) is 0 Å².